The minimum absolute atomic E-state index is 0.0100. The average Bonchev–Trinajstić information content (AvgIpc) is 2.58. The van der Waals surface area contributed by atoms with Crippen molar-refractivity contribution in [1.82, 2.24) is 4.90 Å². The smallest absolute Gasteiger partial charge is 0.263 e. The van der Waals surface area contributed by atoms with Crippen molar-refractivity contribution in [1.29, 1.82) is 0 Å². The number of likely N-dealkylation sites (tertiary alicyclic amines) is 1. The molecule has 5 heteroatoms. The Bertz CT molecular complexity index is 694. The van der Waals surface area contributed by atoms with Gasteiger partial charge in [-0.1, -0.05) is 24.3 Å². The van der Waals surface area contributed by atoms with Crippen LogP contribution < -0.4 is 0 Å². The Labute approximate surface area is 159 Å². The summed E-state index contributed by atoms with van der Waals surface area (Å²) in [5.74, 6) is 0.781. The Morgan fingerprint density at radius 3 is 2.52 bits per heavy atom. The number of hydrogen-bond donors (Lipinski definition) is 1. The molecule has 1 amide bonds. The van der Waals surface area contributed by atoms with Crippen LogP contribution in [0.25, 0.3) is 0 Å². The van der Waals surface area contributed by atoms with Gasteiger partial charge in [0.25, 0.3) is 6.43 Å². The van der Waals surface area contributed by atoms with E-state index in [0.717, 1.165) is 50.8 Å². The van der Waals surface area contributed by atoms with Gasteiger partial charge < -0.3 is 10.0 Å². The highest BCUT2D eigenvalue weighted by molar-refractivity contribution is 5.81. The Morgan fingerprint density at radius 2 is 1.93 bits per heavy atom. The second-order valence-electron chi connectivity index (χ2n) is 9.49. The number of hydrogen-bond acceptors (Lipinski definition) is 2. The molecule has 3 aliphatic rings. The molecule has 4 rings (SSSR count). The lowest BCUT2D eigenvalue weighted by molar-refractivity contribution is -0.163. The first-order valence-electron chi connectivity index (χ1n) is 10.1. The molecule has 2 aliphatic carbocycles. The zero-order valence-electron chi connectivity index (χ0n) is 16.0. The van der Waals surface area contributed by atoms with Crippen LogP contribution in [0.5, 0.6) is 0 Å². The fraction of sp³-hybridized carbons (Fsp3) is 0.682. The van der Waals surface area contributed by atoms with Crippen LogP contribution in [0.4, 0.5) is 8.78 Å². The molecule has 3 nitrogen and oxygen atoms in total. The normalized spacial score (nSPS) is 30.3. The van der Waals surface area contributed by atoms with E-state index < -0.39 is 12.0 Å². The van der Waals surface area contributed by atoms with Crippen molar-refractivity contribution in [2.24, 2.45) is 17.3 Å². The third kappa shape index (κ3) is 3.89. The Balaban J connectivity index is 1.24. The van der Waals surface area contributed by atoms with E-state index in [9.17, 15) is 18.7 Å². The molecule has 1 saturated heterocycles. The predicted octanol–water partition coefficient (Wildman–Crippen LogP) is 4.35. The fourth-order valence-electron chi connectivity index (χ4n) is 5.35. The third-order valence-corrected chi connectivity index (χ3v) is 6.98. The number of alkyl halides is 2. The summed E-state index contributed by atoms with van der Waals surface area (Å²) >= 11 is 0. The van der Waals surface area contributed by atoms with Gasteiger partial charge in [0, 0.05) is 30.0 Å². The van der Waals surface area contributed by atoms with Crippen LogP contribution in [0.15, 0.2) is 24.3 Å². The van der Waals surface area contributed by atoms with E-state index in [4.69, 9.17) is 0 Å². The lowest BCUT2D eigenvalue weighted by Crippen LogP contribution is -2.62. The molecule has 3 fully saturated rings. The van der Waals surface area contributed by atoms with Crippen molar-refractivity contribution in [2.75, 3.05) is 13.1 Å². The lowest BCUT2D eigenvalue weighted by atomic mass is 9.64. The molecular formula is C22H29F2NO2. The summed E-state index contributed by atoms with van der Waals surface area (Å²) in [5.41, 5.74) is 0.755. The topological polar surface area (TPSA) is 40.5 Å². The van der Waals surface area contributed by atoms with Gasteiger partial charge in [0.05, 0.1) is 5.60 Å². The standard InChI is InChI=1S/C22H29F2NO2/c1-21(27)11-18(12-21)20(26)25-13-22(14-25)7-5-15(6-8-22)9-16-3-2-4-17(10-16)19(23)24/h2-4,10,15,18-19,27H,5-9,11-14H2,1H3/t18-,21+. The van der Waals surface area contributed by atoms with Crippen molar-refractivity contribution in [3.8, 4) is 0 Å². The number of amides is 1. The fourth-order valence-corrected chi connectivity index (χ4v) is 5.35. The molecule has 1 aromatic carbocycles. The highest BCUT2D eigenvalue weighted by Crippen LogP contribution is 2.48. The van der Waals surface area contributed by atoms with Gasteiger partial charge in [-0.15, -0.1) is 0 Å². The molecule has 1 heterocycles. The van der Waals surface area contributed by atoms with Gasteiger partial charge in [-0.25, -0.2) is 8.78 Å². The number of carbonyl (C=O) groups excluding carboxylic acids is 1. The number of nitrogens with zero attached hydrogens (tertiary/aromatic N) is 1. The van der Waals surface area contributed by atoms with E-state index in [0.29, 0.717) is 18.8 Å². The van der Waals surface area contributed by atoms with Gasteiger partial charge in [-0.05, 0) is 63.4 Å². The zero-order chi connectivity index (χ0) is 19.2. The molecule has 1 N–H and O–H groups in total. The summed E-state index contributed by atoms with van der Waals surface area (Å²) in [5, 5.41) is 9.83. The summed E-state index contributed by atoms with van der Waals surface area (Å²) in [7, 11) is 0. The monoisotopic (exact) mass is 377 g/mol. The van der Waals surface area contributed by atoms with Crippen molar-refractivity contribution in [3.05, 3.63) is 35.4 Å². The first kappa shape index (κ1) is 18.9. The van der Waals surface area contributed by atoms with Crippen molar-refractivity contribution >= 4 is 5.91 Å². The largest absolute Gasteiger partial charge is 0.390 e. The molecule has 1 spiro atoms. The van der Waals surface area contributed by atoms with Crippen LogP contribution in [0.3, 0.4) is 0 Å². The number of aliphatic hydroxyl groups is 1. The van der Waals surface area contributed by atoms with Gasteiger partial charge in [-0.2, -0.15) is 0 Å². The van der Waals surface area contributed by atoms with Crippen molar-refractivity contribution in [3.63, 3.8) is 0 Å². The summed E-state index contributed by atoms with van der Waals surface area (Å²) in [4.78, 5) is 14.4. The molecule has 0 aromatic heterocycles. The van der Waals surface area contributed by atoms with Crippen LogP contribution in [0, 0.1) is 17.3 Å². The average molecular weight is 377 g/mol. The van der Waals surface area contributed by atoms with Crippen LogP contribution in [-0.2, 0) is 11.2 Å². The van der Waals surface area contributed by atoms with E-state index in [1.807, 2.05) is 11.0 Å². The maximum atomic E-state index is 12.9. The first-order valence-corrected chi connectivity index (χ1v) is 10.1. The van der Waals surface area contributed by atoms with E-state index >= 15 is 0 Å². The minimum atomic E-state index is -2.41. The quantitative estimate of drug-likeness (QED) is 0.848. The summed E-state index contributed by atoms with van der Waals surface area (Å²) in [6, 6.07) is 6.82. The third-order valence-electron chi connectivity index (χ3n) is 6.98. The number of halogens is 2. The maximum absolute atomic E-state index is 12.9. The summed E-state index contributed by atoms with van der Waals surface area (Å²) in [6.45, 7) is 3.52. The Hall–Kier alpha value is -1.49. The Morgan fingerprint density at radius 1 is 1.26 bits per heavy atom. The molecular weight excluding hydrogens is 348 g/mol. The van der Waals surface area contributed by atoms with E-state index in [2.05, 4.69) is 0 Å². The maximum Gasteiger partial charge on any atom is 0.263 e. The minimum Gasteiger partial charge on any atom is -0.390 e. The molecule has 0 unspecified atom stereocenters. The van der Waals surface area contributed by atoms with E-state index in [1.165, 1.54) is 6.07 Å². The van der Waals surface area contributed by atoms with Crippen molar-refractivity contribution in [2.45, 2.75) is 63.9 Å². The molecule has 2 saturated carbocycles. The highest BCUT2D eigenvalue weighted by atomic mass is 19.3. The summed E-state index contributed by atoms with van der Waals surface area (Å²) in [6.07, 6.45) is 4.12. The predicted molar refractivity (Wildman–Crippen MR) is 99.4 cm³/mol. The second kappa shape index (κ2) is 6.84. The lowest BCUT2D eigenvalue weighted by Gasteiger charge is -2.55. The molecule has 1 aromatic rings. The first-order chi connectivity index (χ1) is 12.8. The van der Waals surface area contributed by atoms with Crippen LogP contribution in [0.1, 0.15) is 63.0 Å². The van der Waals surface area contributed by atoms with E-state index in [1.54, 1.807) is 19.1 Å². The van der Waals surface area contributed by atoms with E-state index in [-0.39, 0.29) is 22.8 Å². The SMILES string of the molecule is C[C@]1(O)C[C@@H](C(=O)N2CC3(CCC(Cc4cccc(C(F)F)c4)CC3)C2)C1. The summed E-state index contributed by atoms with van der Waals surface area (Å²) < 4.78 is 25.7. The second-order valence-corrected chi connectivity index (χ2v) is 9.49. The zero-order valence-corrected chi connectivity index (χ0v) is 16.0. The van der Waals surface area contributed by atoms with Gasteiger partial charge >= 0.3 is 0 Å². The van der Waals surface area contributed by atoms with Gasteiger partial charge in [-0.3, -0.25) is 4.79 Å². The van der Waals surface area contributed by atoms with Crippen LogP contribution in [-0.4, -0.2) is 34.6 Å². The highest BCUT2D eigenvalue weighted by Gasteiger charge is 2.51. The van der Waals surface area contributed by atoms with Gasteiger partial charge in [0.15, 0.2) is 0 Å². The van der Waals surface area contributed by atoms with Crippen LogP contribution >= 0.6 is 0 Å². The van der Waals surface area contributed by atoms with Crippen molar-refractivity contribution < 1.29 is 18.7 Å². The Kier molecular flexibility index (Phi) is 4.77. The number of carbonyl (C=O) groups is 1. The number of benzene rings is 1. The molecule has 27 heavy (non-hydrogen) atoms. The molecule has 0 radical (unpaired) electrons. The molecule has 1 aliphatic heterocycles. The molecule has 148 valence electrons. The van der Waals surface area contributed by atoms with Crippen LogP contribution in [0.2, 0.25) is 0 Å². The molecule has 0 atom stereocenters. The molecule has 0 bridgehead atoms. The number of rotatable bonds is 4. The van der Waals surface area contributed by atoms with Gasteiger partial charge in [0.1, 0.15) is 0 Å². The van der Waals surface area contributed by atoms with Gasteiger partial charge in [0.2, 0.25) is 5.91 Å².